The van der Waals surface area contributed by atoms with Crippen LogP contribution >= 0.6 is 11.3 Å². The van der Waals surface area contributed by atoms with Gasteiger partial charge in [0.05, 0.1) is 6.54 Å². The number of carbonyl (C=O) groups excluding carboxylic acids is 2. The average molecular weight is 316 g/mol. The molecule has 22 heavy (non-hydrogen) atoms. The fourth-order valence-corrected chi connectivity index (χ4v) is 2.88. The quantitative estimate of drug-likeness (QED) is 0.891. The Balaban J connectivity index is 1.77. The van der Waals surface area contributed by atoms with Crippen LogP contribution in [0.1, 0.15) is 27.2 Å². The molecule has 1 aromatic carbocycles. The molecule has 0 atom stereocenters. The highest BCUT2D eigenvalue weighted by Gasteiger charge is 2.12. The summed E-state index contributed by atoms with van der Waals surface area (Å²) in [6, 6.07) is 11.4. The highest BCUT2D eigenvalue weighted by molar-refractivity contribution is 7.09. The molecule has 0 aliphatic rings. The summed E-state index contributed by atoms with van der Waals surface area (Å²) in [4.78, 5) is 26.9. The summed E-state index contributed by atoms with van der Waals surface area (Å²) in [5.41, 5.74) is 1.59. The predicted octanol–water partition coefficient (Wildman–Crippen LogP) is 2.84. The maximum absolute atomic E-state index is 12.0. The van der Waals surface area contributed by atoms with E-state index in [1.54, 1.807) is 29.4 Å². The van der Waals surface area contributed by atoms with Crippen molar-refractivity contribution in [2.24, 2.45) is 0 Å². The molecule has 2 rings (SSSR count). The summed E-state index contributed by atoms with van der Waals surface area (Å²) in [5, 5.41) is 4.80. The molecule has 0 aliphatic heterocycles. The van der Waals surface area contributed by atoms with Crippen molar-refractivity contribution in [2.75, 3.05) is 13.6 Å². The lowest BCUT2D eigenvalue weighted by molar-refractivity contribution is -0.130. The zero-order chi connectivity index (χ0) is 15.9. The molecule has 0 radical (unpaired) electrons. The first-order valence-corrected chi connectivity index (χ1v) is 8.06. The Hall–Kier alpha value is -2.14. The molecule has 0 fully saturated rings. The van der Waals surface area contributed by atoms with Crippen molar-refractivity contribution in [2.45, 2.75) is 19.9 Å². The van der Waals surface area contributed by atoms with Gasteiger partial charge in [0, 0.05) is 30.5 Å². The third-order valence-corrected chi connectivity index (χ3v) is 4.27. The Morgan fingerprint density at radius 2 is 1.95 bits per heavy atom. The minimum absolute atomic E-state index is 0.0264. The van der Waals surface area contributed by atoms with E-state index in [1.165, 1.54) is 0 Å². The van der Waals surface area contributed by atoms with Gasteiger partial charge in [-0.3, -0.25) is 9.59 Å². The third-order valence-electron chi connectivity index (χ3n) is 3.41. The van der Waals surface area contributed by atoms with Crippen molar-refractivity contribution in [3.8, 4) is 0 Å². The molecule has 116 valence electrons. The summed E-state index contributed by atoms with van der Waals surface area (Å²) in [7, 11) is 1.78. The second-order valence-corrected chi connectivity index (χ2v) is 6.18. The first-order valence-electron chi connectivity index (χ1n) is 7.18. The normalized spacial score (nSPS) is 10.3. The van der Waals surface area contributed by atoms with Crippen LogP contribution in [0.2, 0.25) is 0 Å². The molecule has 0 spiro atoms. The lowest BCUT2D eigenvalue weighted by Crippen LogP contribution is -2.32. The number of hydrogen-bond donors (Lipinski definition) is 1. The molecule has 4 nitrogen and oxygen atoms in total. The topological polar surface area (TPSA) is 49.4 Å². The van der Waals surface area contributed by atoms with Crippen LogP contribution < -0.4 is 5.32 Å². The Kier molecular flexibility index (Phi) is 5.72. The molecule has 1 N–H and O–H groups in total. The van der Waals surface area contributed by atoms with E-state index in [1.807, 2.05) is 42.6 Å². The number of hydrogen-bond acceptors (Lipinski definition) is 3. The number of benzene rings is 1. The number of rotatable bonds is 6. The van der Waals surface area contributed by atoms with E-state index in [2.05, 4.69) is 5.32 Å². The number of nitrogens with zero attached hydrogens (tertiary/aromatic N) is 1. The Morgan fingerprint density at radius 3 is 2.64 bits per heavy atom. The molecule has 1 heterocycles. The van der Waals surface area contributed by atoms with Crippen LogP contribution in [0.3, 0.4) is 0 Å². The van der Waals surface area contributed by atoms with E-state index in [0.717, 1.165) is 10.4 Å². The lowest BCUT2D eigenvalue weighted by atomic mass is 10.1. The van der Waals surface area contributed by atoms with Crippen LogP contribution in [0.15, 0.2) is 41.8 Å². The van der Waals surface area contributed by atoms with Gasteiger partial charge in [0.1, 0.15) is 0 Å². The molecular weight excluding hydrogens is 296 g/mol. The zero-order valence-corrected chi connectivity index (χ0v) is 13.7. The second kappa shape index (κ2) is 7.75. The van der Waals surface area contributed by atoms with Gasteiger partial charge in [-0.25, -0.2) is 0 Å². The standard InChI is InChI=1S/C17H20N2O2S/c1-13-6-3-4-8-15(13)17(21)18-10-9-16(20)19(2)12-14-7-5-11-22-14/h3-8,11H,9-10,12H2,1-2H3,(H,18,21). The zero-order valence-electron chi connectivity index (χ0n) is 12.8. The third kappa shape index (κ3) is 4.43. The van der Waals surface area contributed by atoms with Crippen LogP contribution in [0.4, 0.5) is 0 Å². The fraction of sp³-hybridized carbons (Fsp3) is 0.294. The highest BCUT2D eigenvalue weighted by Crippen LogP contribution is 2.11. The largest absolute Gasteiger partial charge is 0.352 e. The molecule has 2 amide bonds. The van der Waals surface area contributed by atoms with E-state index < -0.39 is 0 Å². The number of amides is 2. The van der Waals surface area contributed by atoms with Gasteiger partial charge in [-0.2, -0.15) is 0 Å². The van der Waals surface area contributed by atoms with Gasteiger partial charge in [-0.15, -0.1) is 11.3 Å². The van der Waals surface area contributed by atoms with E-state index in [0.29, 0.717) is 25.1 Å². The molecule has 0 saturated heterocycles. The number of thiophene rings is 1. The molecule has 5 heteroatoms. The van der Waals surface area contributed by atoms with Crippen molar-refractivity contribution in [3.63, 3.8) is 0 Å². The van der Waals surface area contributed by atoms with Crippen LogP contribution in [-0.2, 0) is 11.3 Å². The van der Waals surface area contributed by atoms with Gasteiger partial charge in [-0.1, -0.05) is 24.3 Å². The van der Waals surface area contributed by atoms with E-state index in [-0.39, 0.29) is 11.8 Å². The van der Waals surface area contributed by atoms with Crippen LogP contribution in [-0.4, -0.2) is 30.3 Å². The Morgan fingerprint density at radius 1 is 1.18 bits per heavy atom. The molecule has 0 bridgehead atoms. The lowest BCUT2D eigenvalue weighted by Gasteiger charge is -2.16. The highest BCUT2D eigenvalue weighted by atomic mass is 32.1. The average Bonchev–Trinajstić information content (AvgIpc) is 3.00. The Labute approximate surface area is 134 Å². The van der Waals surface area contributed by atoms with Gasteiger partial charge in [0.15, 0.2) is 0 Å². The second-order valence-electron chi connectivity index (χ2n) is 5.15. The van der Waals surface area contributed by atoms with Crippen LogP contribution in [0.5, 0.6) is 0 Å². The monoisotopic (exact) mass is 316 g/mol. The van der Waals surface area contributed by atoms with Crippen LogP contribution in [0.25, 0.3) is 0 Å². The smallest absolute Gasteiger partial charge is 0.251 e. The summed E-state index contributed by atoms with van der Waals surface area (Å²) < 4.78 is 0. The minimum Gasteiger partial charge on any atom is -0.352 e. The maximum Gasteiger partial charge on any atom is 0.251 e. The summed E-state index contributed by atoms with van der Waals surface area (Å²) >= 11 is 1.63. The van der Waals surface area contributed by atoms with Gasteiger partial charge < -0.3 is 10.2 Å². The maximum atomic E-state index is 12.0. The van der Waals surface area contributed by atoms with E-state index in [9.17, 15) is 9.59 Å². The molecule has 0 saturated carbocycles. The van der Waals surface area contributed by atoms with Crippen molar-refractivity contribution < 1.29 is 9.59 Å². The number of aryl methyl sites for hydroxylation is 1. The summed E-state index contributed by atoms with van der Waals surface area (Å²) in [6.45, 7) is 2.86. The van der Waals surface area contributed by atoms with Crippen LogP contribution in [0, 0.1) is 6.92 Å². The fourth-order valence-electron chi connectivity index (χ4n) is 2.12. The van der Waals surface area contributed by atoms with Gasteiger partial charge >= 0.3 is 0 Å². The van der Waals surface area contributed by atoms with Gasteiger partial charge in [0.2, 0.25) is 5.91 Å². The molecule has 1 aromatic heterocycles. The number of nitrogens with one attached hydrogen (secondary N) is 1. The molecule has 2 aromatic rings. The SMILES string of the molecule is Cc1ccccc1C(=O)NCCC(=O)N(C)Cc1cccs1. The van der Waals surface area contributed by atoms with Gasteiger partial charge in [-0.05, 0) is 30.0 Å². The summed E-state index contributed by atoms with van der Waals surface area (Å²) in [6.07, 6.45) is 0.305. The van der Waals surface area contributed by atoms with Crippen molar-refractivity contribution in [1.82, 2.24) is 10.2 Å². The summed E-state index contributed by atoms with van der Waals surface area (Å²) in [5.74, 6) is -0.106. The first kappa shape index (κ1) is 16.2. The van der Waals surface area contributed by atoms with Crippen molar-refractivity contribution >= 4 is 23.2 Å². The predicted molar refractivity (Wildman–Crippen MR) is 88.9 cm³/mol. The molecule has 0 unspecified atom stereocenters. The minimum atomic E-state index is -0.133. The van der Waals surface area contributed by atoms with E-state index >= 15 is 0 Å². The van der Waals surface area contributed by atoms with Gasteiger partial charge in [0.25, 0.3) is 5.91 Å². The molecule has 0 aliphatic carbocycles. The Bertz CT molecular complexity index is 638. The van der Waals surface area contributed by atoms with Crippen molar-refractivity contribution in [1.29, 1.82) is 0 Å². The van der Waals surface area contributed by atoms with Crippen molar-refractivity contribution in [3.05, 3.63) is 57.8 Å². The first-order chi connectivity index (χ1) is 10.6. The van der Waals surface area contributed by atoms with E-state index in [4.69, 9.17) is 0 Å². The molecular formula is C17H20N2O2S. The number of carbonyl (C=O) groups is 2.